The maximum atomic E-state index is 8.86. The van der Waals surface area contributed by atoms with Crippen LogP contribution in [0, 0.1) is 18.3 Å². The van der Waals surface area contributed by atoms with Crippen molar-refractivity contribution in [3.05, 3.63) is 70.0 Å². The molecule has 0 saturated carbocycles. The quantitative estimate of drug-likeness (QED) is 0.639. The molecule has 0 aliphatic carbocycles. The van der Waals surface area contributed by atoms with Crippen LogP contribution in [-0.4, -0.2) is 9.97 Å². The van der Waals surface area contributed by atoms with E-state index in [-0.39, 0.29) is 0 Å². The van der Waals surface area contributed by atoms with Crippen molar-refractivity contribution in [1.82, 2.24) is 9.97 Å². The van der Waals surface area contributed by atoms with Gasteiger partial charge >= 0.3 is 0 Å². The predicted octanol–water partition coefficient (Wildman–Crippen LogP) is 5.45. The highest BCUT2D eigenvalue weighted by atomic mass is 35.5. The van der Waals surface area contributed by atoms with E-state index in [9.17, 15) is 0 Å². The Labute approximate surface area is 155 Å². The number of anilines is 4. The standard InChI is InChI=1S/C18H13Cl2N5/c1-11-22-16(24-13-7-5-12(10-21)6-8-13)9-17(23-11)25-18-14(19)3-2-4-15(18)20/h2-9H,1H3,(H2,22,23,24,25). The summed E-state index contributed by atoms with van der Waals surface area (Å²) in [5, 5.41) is 16.2. The SMILES string of the molecule is Cc1nc(Nc2ccc(C#N)cc2)cc(Nc2c(Cl)cccc2Cl)n1. The van der Waals surface area contributed by atoms with Gasteiger partial charge in [-0.1, -0.05) is 29.3 Å². The normalized spacial score (nSPS) is 10.2. The fourth-order valence-corrected chi connectivity index (χ4v) is 2.71. The van der Waals surface area contributed by atoms with Gasteiger partial charge in [-0.25, -0.2) is 9.97 Å². The minimum Gasteiger partial charge on any atom is -0.340 e. The van der Waals surface area contributed by atoms with Gasteiger partial charge in [0.15, 0.2) is 0 Å². The molecular weight excluding hydrogens is 357 g/mol. The molecule has 5 nitrogen and oxygen atoms in total. The summed E-state index contributed by atoms with van der Waals surface area (Å²) in [6.45, 7) is 1.79. The molecule has 0 bridgehead atoms. The van der Waals surface area contributed by atoms with Gasteiger partial charge in [0.05, 0.1) is 27.4 Å². The third kappa shape index (κ3) is 4.18. The van der Waals surface area contributed by atoms with Crippen molar-refractivity contribution in [2.24, 2.45) is 0 Å². The first kappa shape index (κ1) is 17.0. The molecule has 1 aromatic heterocycles. The van der Waals surface area contributed by atoms with Crippen LogP contribution in [0.25, 0.3) is 0 Å². The summed E-state index contributed by atoms with van der Waals surface area (Å²) in [6.07, 6.45) is 0. The Morgan fingerprint density at radius 1 is 0.920 bits per heavy atom. The smallest absolute Gasteiger partial charge is 0.136 e. The number of benzene rings is 2. The molecule has 3 aromatic rings. The topological polar surface area (TPSA) is 73.6 Å². The van der Waals surface area contributed by atoms with Crippen LogP contribution in [0.3, 0.4) is 0 Å². The maximum Gasteiger partial charge on any atom is 0.136 e. The van der Waals surface area contributed by atoms with Crippen molar-refractivity contribution < 1.29 is 0 Å². The van der Waals surface area contributed by atoms with Crippen LogP contribution in [0.2, 0.25) is 10.0 Å². The highest BCUT2D eigenvalue weighted by Crippen LogP contribution is 2.32. The van der Waals surface area contributed by atoms with Crippen LogP contribution in [-0.2, 0) is 0 Å². The lowest BCUT2D eigenvalue weighted by Gasteiger charge is -2.12. The van der Waals surface area contributed by atoms with E-state index >= 15 is 0 Å². The number of rotatable bonds is 4. The lowest BCUT2D eigenvalue weighted by atomic mass is 10.2. The molecule has 0 atom stereocenters. The Kier molecular flexibility index (Phi) is 5.03. The van der Waals surface area contributed by atoms with Crippen molar-refractivity contribution in [2.75, 3.05) is 10.6 Å². The second kappa shape index (κ2) is 7.39. The van der Waals surface area contributed by atoms with Crippen LogP contribution in [0.15, 0.2) is 48.5 Å². The van der Waals surface area contributed by atoms with E-state index in [1.807, 2.05) is 12.1 Å². The Bertz CT molecular complexity index is 928. The van der Waals surface area contributed by atoms with Crippen LogP contribution in [0.5, 0.6) is 0 Å². The predicted molar refractivity (Wildman–Crippen MR) is 101 cm³/mol. The third-order valence-electron chi connectivity index (χ3n) is 3.34. The van der Waals surface area contributed by atoms with E-state index in [2.05, 4.69) is 26.7 Å². The molecule has 124 valence electrons. The fourth-order valence-electron chi connectivity index (χ4n) is 2.22. The van der Waals surface area contributed by atoms with Crippen molar-refractivity contribution >= 4 is 46.2 Å². The Morgan fingerprint density at radius 2 is 1.52 bits per heavy atom. The van der Waals surface area contributed by atoms with Crippen molar-refractivity contribution in [1.29, 1.82) is 5.26 Å². The fraction of sp³-hybridized carbons (Fsp3) is 0.0556. The van der Waals surface area contributed by atoms with E-state index in [1.54, 1.807) is 43.3 Å². The molecule has 2 N–H and O–H groups in total. The lowest BCUT2D eigenvalue weighted by molar-refractivity contribution is 1.06. The van der Waals surface area contributed by atoms with E-state index in [0.717, 1.165) is 5.69 Å². The first-order valence-corrected chi connectivity index (χ1v) is 8.14. The molecule has 0 spiro atoms. The number of nitriles is 1. The Hall–Kier alpha value is -2.81. The second-order valence-electron chi connectivity index (χ2n) is 5.22. The molecule has 25 heavy (non-hydrogen) atoms. The van der Waals surface area contributed by atoms with Crippen molar-refractivity contribution in [3.8, 4) is 6.07 Å². The number of hydrogen-bond donors (Lipinski definition) is 2. The van der Waals surface area contributed by atoms with Crippen LogP contribution in [0.4, 0.5) is 23.0 Å². The van der Waals surface area contributed by atoms with Gasteiger partial charge in [-0.3, -0.25) is 0 Å². The summed E-state index contributed by atoms with van der Waals surface area (Å²) in [5.41, 5.74) is 2.01. The highest BCUT2D eigenvalue weighted by Gasteiger charge is 2.08. The van der Waals surface area contributed by atoms with Gasteiger partial charge < -0.3 is 10.6 Å². The van der Waals surface area contributed by atoms with Gasteiger partial charge in [0.25, 0.3) is 0 Å². The number of halogens is 2. The summed E-state index contributed by atoms with van der Waals surface area (Å²) in [4.78, 5) is 8.72. The molecule has 2 aromatic carbocycles. The molecule has 0 unspecified atom stereocenters. The van der Waals surface area contributed by atoms with E-state index in [1.165, 1.54) is 0 Å². The minimum atomic E-state index is 0.505. The van der Waals surface area contributed by atoms with E-state index < -0.39 is 0 Å². The van der Waals surface area contributed by atoms with Gasteiger partial charge in [-0.2, -0.15) is 5.26 Å². The number of hydrogen-bond acceptors (Lipinski definition) is 5. The zero-order valence-corrected chi connectivity index (χ0v) is 14.7. The average Bonchev–Trinajstić information content (AvgIpc) is 2.58. The zero-order chi connectivity index (χ0) is 17.8. The minimum absolute atomic E-state index is 0.505. The molecule has 0 saturated heterocycles. The first-order chi connectivity index (χ1) is 12.0. The summed E-state index contributed by atoms with van der Waals surface area (Å²) in [6, 6.07) is 16.2. The average molecular weight is 370 g/mol. The first-order valence-electron chi connectivity index (χ1n) is 7.39. The number of nitrogens with zero attached hydrogens (tertiary/aromatic N) is 3. The summed E-state index contributed by atoms with van der Waals surface area (Å²) in [7, 11) is 0. The Balaban J connectivity index is 1.86. The molecule has 7 heteroatoms. The molecule has 0 aliphatic heterocycles. The van der Waals surface area contributed by atoms with E-state index in [4.69, 9.17) is 28.5 Å². The van der Waals surface area contributed by atoms with Gasteiger partial charge in [0.2, 0.25) is 0 Å². The lowest BCUT2D eigenvalue weighted by Crippen LogP contribution is -2.02. The number of aryl methyl sites for hydroxylation is 1. The van der Waals surface area contributed by atoms with Crippen LogP contribution < -0.4 is 10.6 Å². The summed E-state index contributed by atoms with van der Waals surface area (Å²) >= 11 is 12.4. The van der Waals surface area contributed by atoms with Crippen LogP contribution in [0.1, 0.15) is 11.4 Å². The molecular formula is C18H13Cl2N5. The number of nitrogens with one attached hydrogen (secondary N) is 2. The van der Waals surface area contributed by atoms with Gasteiger partial charge in [0.1, 0.15) is 17.5 Å². The monoisotopic (exact) mass is 369 g/mol. The van der Waals surface area contributed by atoms with Crippen LogP contribution >= 0.6 is 23.2 Å². The summed E-state index contributed by atoms with van der Waals surface area (Å²) in [5.74, 6) is 1.77. The molecule has 0 amide bonds. The van der Waals surface area contributed by atoms with E-state index in [0.29, 0.717) is 38.8 Å². The van der Waals surface area contributed by atoms with Gasteiger partial charge in [0, 0.05) is 11.8 Å². The molecule has 0 fully saturated rings. The maximum absolute atomic E-state index is 8.86. The number of aromatic nitrogens is 2. The molecule has 1 heterocycles. The highest BCUT2D eigenvalue weighted by molar-refractivity contribution is 6.39. The zero-order valence-electron chi connectivity index (χ0n) is 13.2. The van der Waals surface area contributed by atoms with Gasteiger partial charge in [-0.15, -0.1) is 0 Å². The third-order valence-corrected chi connectivity index (χ3v) is 3.97. The molecule has 3 rings (SSSR count). The van der Waals surface area contributed by atoms with Crippen molar-refractivity contribution in [2.45, 2.75) is 6.92 Å². The largest absolute Gasteiger partial charge is 0.340 e. The number of para-hydroxylation sites is 1. The second-order valence-corrected chi connectivity index (χ2v) is 6.04. The van der Waals surface area contributed by atoms with Crippen molar-refractivity contribution in [3.63, 3.8) is 0 Å². The molecule has 0 radical (unpaired) electrons. The summed E-state index contributed by atoms with van der Waals surface area (Å²) < 4.78 is 0. The Morgan fingerprint density at radius 3 is 2.12 bits per heavy atom. The molecule has 0 aliphatic rings. The van der Waals surface area contributed by atoms with Gasteiger partial charge in [-0.05, 0) is 43.3 Å².